The van der Waals surface area contributed by atoms with Gasteiger partial charge >= 0.3 is 6.03 Å². The molecule has 0 unspecified atom stereocenters. The van der Waals surface area contributed by atoms with Crippen molar-refractivity contribution < 1.29 is 14.6 Å². The van der Waals surface area contributed by atoms with Crippen LogP contribution >= 0.6 is 0 Å². The third-order valence-electron chi connectivity index (χ3n) is 4.67. The van der Waals surface area contributed by atoms with Crippen molar-refractivity contribution >= 4 is 11.7 Å². The van der Waals surface area contributed by atoms with Crippen LogP contribution in [0.2, 0.25) is 0 Å². The maximum atomic E-state index is 12.5. The molecule has 0 bridgehead atoms. The van der Waals surface area contributed by atoms with E-state index in [0.717, 1.165) is 35.4 Å². The number of hydrogen-bond donors (Lipinski definition) is 2. The van der Waals surface area contributed by atoms with E-state index in [9.17, 15) is 9.90 Å². The highest BCUT2D eigenvalue weighted by molar-refractivity contribution is 5.90. The number of hydrogen-bond acceptors (Lipinski definition) is 3. The van der Waals surface area contributed by atoms with Gasteiger partial charge in [-0.3, -0.25) is 0 Å². The molecule has 25 heavy (non-hydrogen) atoms. The molecule has 3 rings (SSSR count). The maximum Gasteiger partial charge on any atom is 0.322 e. The molecule has 5 heteroatoms. The fourth-order valence-electron chi connectivity index (χ4n) is 3.13. The molecule has 0 spiro atoms. The van der Waals surface area contributed by atoms with Crippen LogP contribution in [0.15, 0.2) is 48.5 Å². The molecule has 1 fully saturated rings. The summed E-state index contributed by atoms with van der Waals surface area (Å²) in [6, 6.07) is 15.2. The van der Waals surface area contributed by atoms with Gasteiger partial charge in [-0.05, 0) is 49.1 Å². The molecule has 1 saturated heterocycles. The Morgan fingerprint density at radius 2 is 2.04 bits per heavy atom. The van der Waals surface area contributed by atoms with Crippen molar-refractivity contribution in [3.8, 4) is 5.75 Å². The van der Waals surface area contributed by atoms with Crippen LogP contribution in [-0.4, -0.2) is 35.2 Å². The Kier molecular flexibility index (Phi) is 5.56. The van der Waals surface area contributed by atoms with Crippen LogP contribution in [0.1, 0.15) is 24.0 Å². The first-order valence-corrected chi connectivity index (χ1v) is 8.64. The zero-order valence-electron chi connectivity index (χ0n) is 14.4. The van der Waals surface area contributed by atoms with E-state index in [1.807, 2.05) is 55.5 Å². The molecule has 1 aliphatic heterocycles. The number of aliphatic hydroxyl groups excluding tert-OH is 1. The summed E-state index contributed by atoms with van der Waals surface area (Å²) in [5.41, 5.74) is 2.80. The van der Waals surface area contributed by atoms with Crippen molar-refractivity contribution in [2.75, 3.05) is 18.5 Å². The second-order valence-corrected chi connectivity index (χ2v) is 6.29. The van der Waals surface area contributed by atoms with Gasteiger partial charge in [-0.2, -0.15) is 0 Å². The SMILES string of the molecule is Cc1c(COc2ccccc2)cccc1NC(=O)N1CCC[C@@H]1CO. The summed E-state index contributed by atoms with van der Waals surface area (Å²) in [5.74, 6) is 0.819. The molecule has 0 radical (unpaired) electrons. The minimum atomic E-state index is -0.152. The van der Waals surface area contributed by atoms with Crippen LogP contribution in [0.4, 0.5) is 10.5 Å². The van der Waals surface area contributed by atoms with Crippen molar-refractivity contribution in [3.63, 3.8) is 0 Å². The zero-order chi connectivity index (χ0) is 17.6. The number of amides is 2. The molecule has 2 aromatic carbocycles. The molecule has 0 aliphatic carbocycles. The van der Waals surface area contributed by atoms with Gasteiger partial charge in [-0.1, -0.05) is 30.3 Å². The summed E-state index contributed by atoms with van der Waals surface area (Å²) >= 11 is 0. The van der Waals surface area contributed by atoms with Crippen molar-refractivity contribution in [2.45, 2.75) is 32.4 Å². The van der Waals surface area contributed by atoms with Gasteiger partial charge in [0.15, 0.2) is 0 Å². The van der Waals surface area contributed by atoms with E-state index in [-0.39, 0.29) is 18.7 Å². The lowest BCUT2D eigenvalue weighted by atomic mass is 10.1. The molecule has 2 aromatic rings. The highest BCUT2D eigenvalue weighted by atomic mass is 16.5. The third-order valence-corrected chi connectivity index (χ3v) is 4.67. The minimum absolute atomic E-state index is 0.0113. The number of nitrogens with one attached hydrogen (secondary N) is 1. The van der Waals surface area contributed by atoms with Gasteiger partial charge in [0.1, 0.15) is 12.4 Å². The molecule has 2 amide bonds. The van der Waals surface area contributed by atoms with Gasteiger partial charge in [-0.25, -0.2) is 4.79 Å². The Morgan fingerprint density at radius 1 is 1.24 bits per heavy atom. The van der Waals surface area contributed by atoms with Crippen LogP contribution in [0, 0.1) is 6.92 Å². The van der Waals surface area contributed by atoms with E-state index in [2.05, 4.69) is 5.32 Å². The lowest BCUT2D eigenvalue weighted by Gasteiger charge is -2.24. The lowest BCUT2D eigenvalue weighted by Crippen LogP contribution is -2.40. The number of ether oxygens (including phenoxy) is 1. The number of carbonyl (C=O) groups is 1. The number of carbonyl (C=O) groups excluding carboxylic acids is 1. The average Bonchev–Trinajstić information content (AvgIpc) is 3.12. The number of benzene rings is 2. The third kappa shape index (κ3) is 4.12. The van der Waals surface area contributed by atoms with Crippen LogP contribution in [0.3, 0.4) is 0 Å². The summed E-state index contributed by atoms with van der Waals surface area (Å²) < 4.78 is 5.81. The summed E-state index contributed by atoms with van der Waals surface area (Å²) in [6.07, 6.45) is 1.79. The fraction of sp³-hybridized carbons (Fsp3) is 0.350. The molecule has 2 N–H and O–H groups in total. The van der Waals surface area contributed by atoms with E-state index < -0.39 is 0 Å². The second kappa shape index (κ2) is 8.03. The molecule has 0 aromatic heterocycles. The first-order chi connectivity index (χ1) is 12.2. The Bertz CT molecular complexity index is 718. The Labute approximate surface area is 148 Å². The molecular weight excluding hydrogens is 316 g/mol. The minimum Gasteiger partial charge on any atom is -0.489 e. The molecule has 1 heterocycles. The van der Waals surface area contributed by atoms with Gasteiger partial charge in [0.05, 0.1) is 12.6 Å². The number of anilines is 1. The summed E-state index contributed by atoms with van der Waals surface area (Å²) in [5, 5.41) is 12.4. The predicted molar refractivity (Wildman–Crippen MR) is 97.8 cm³/mol. The fourth-order valence-corrected chi connectivity index (χ4v) is 3.13. The average molecular weight is 340 g/mol. The van der Waals surface area contributed by atoms with E-state index in [1.165, 1.54) is 0 Å². The number of nitrogens with zero attached hydrogens (tertiary/aromatic N) is 1. The summed E-state index contributed by atoms with van der Waals surface area (Å²) in [6.45, 7) is 3.12. The zero-order valence-corrected chi connectivity index (χ0v) is 14.4. The second-order valence-electron chi connectivity index (χ2n) is 6.29. The Balaban J connectivity index is 1.67. The van der Waals surface area contributed by atoms with E-state index >= 15 is 0 Å². The highest BCUT2D eigenvalue weighted by Crippen LogP contribution is 2.23. The van der Waals surface area contributed by atoms with Crippen LogP contribution in [-0.2, 0) is 6.61 Å². The number of likely N-dealkylation sites (tertiary alicyclic amines) is 1. The highest BCUT2D eigenvalue weighted by Gasteiger charge is 2.28. The Morgan fingerprint density at radius 3 is 2.80 bits per heavy atom. The van der Waals surface area contributed by atoms with Crippen molar-refractivity contribution in [1.29, 1.82) is 0 Å². The van der Waals surface area contributed by atoms with Crippen molar-refractivity contribution in [1.82, 2.24) is 4.90 Å². The van der Waals surface area contributed by atoms with Crippen molar-refractivity contribution in [2.24, 2.45) is 0 Å². The maximum absolute atomic E-state index is 12.5. The molecule has 1 aliphatic rings. The topological polar surface area (TPSA) is 61.8 Å². The molecular formula is C20H24N2O3. The van der Waals surface area contributed by atoms with Crippen LogP contribution in [0.5, 0.6) is 5.75 Å². The largest absolute Gasteiger partial charge is 0.489 e. The Hall–Kier alpha value is -2.53. The molecule has 0 saturated carbocycles. The normalized spacial score (nSPS) is 16.7. The van der Waals surface area contributed by atoms with Crippen LogP contribution in [0.25, 0.3) is 0 Å². The molecule has 132 valence electrons. The predicted octanol–water partition coefficient (Wildman–Crippen LogP) is 3.56. The summed E-state index contributed by atoms with van der Waals surface area (Å²) in [7, 11) is 0. The van der Waals surface area contributed by atoms with E-state index in [1.54, 1.807) is 4.90 Å². The lowest BCUT2D eigenvalue weighted by molar-refractivity contribution is 0.166. The standard InChI is InChI=1S/C20H24N2O3/c1-15-16(14-25-18-9-3-2-4-10-18)7-5-11-19(15)21-20(24)22-12-6-8-17(22)13-23/h2-5,7,9-11,17,23H,6,8,12-14H2,1H3,(H,21,24)/t17-/m1/s1. The number of rotatable bonds is 5. The quantitative estimate of drug-likeness (QED) is 0.875. The van der Waals surface area contributed by atoms with Gasteiger partial charge in [-0.15, -0.1) is 0 Å². The monoisotopic (exact) mass is 340 g/mol. The smallest absolute Gasteiger partial charge is 0.322 e. The van der Waals surface area contributed by atoms with Gasteiger partial charge in [0.25, 0.3) is 0 Å². The van der Waals surface area contributed by atoms with E-state index in [0.29, 0.717) is 13.2 Å². The van der Waals surface area contributed by atoms with Gasteiger partial charge in [0, 0.05) is 12.2 Å². The van der Waals surface area contributed by atoms with Gasteiger partial charge < -0.3 is 20.1 Å². The number of para-hydroxylation sites is 1. The van der Waals surface area contributed by atoms with Gasteiger partial charge in [0.2, 0.25) is 0 Å². The number of aliphatic hydroxyl groups is 1. The first-order valence-electron chi connectivity index (χ1n) is 8.64. The molecule has 1 atom stereocenters. The molecule has 5 nitrogen and oxygen atoms in total. The number of urea groups is 1. The first kappa shape index (κ1) is 17.3. The van der Waals surface area contributed by atoms with Crippen LogP contribution < -0.4 is 10.1 Å². The van der Waals surface area contributed by atoms with E-state index in [4.69, 9.17) is 4.74 Å². The van der Waals surface area contributed by atoms with Crippen molar-refractivity contribution in [3.05, 3.63) is 59.7 Å². The summed E-state index contributed by atoms with van der Waals surface area (Å²) in [4.78, 5) is 14.2.